The molecular weight excluding hydrogens is 314 g/mol. The lowest BCUT2D eigenvalue weighted by Gasteiger charge is -2.37. The van der Waals surface area contributed by atoms with Crippen molar-refractivity contribution in [1.29, 1.82) is 0 Å². The summed E-state index contributed by atoms with van der Waals surface area (Å²) >= 11 is 0. The first-order valence-corrected chi connectivity index (χ1v) is 8.60. The van der Waals surface area contributed by atoms with Gasteiger partial charge in [-0.15, -0.1) is 0 Å². The summed E-state index contributed by atoms with van der Waals surface area (Å²) < 4.78 is 0. The van der Waals surface area contributed by atoms with Gasteiger partial charge in [-0.25, -0.2) is 4.98 Å². The summed E-state index contributed by atoms with van der Waals surface area (Å²) in [5.41, 5.74) is 1.40. The highest BCUT2D eigenvalue weighted by molar-refractivity contribution is 6.04. The van der Waals surface area contributed by atoms with E-state index >= 15 is 0 Å². The van der Waals surface area contributed by atoms with Gasteiger partial charge in [-0.2, -0.15) is 5.10 Å². The molecule has 0 bridgehead atoms. The Hall–Kier alpha value is -2.89. The number of para-hydroxylation sites is 1. The van der Waals surface area contributed by atoms with Crippen LogP contribution in [0.3, 0.4) is 0 Å². The van der Waals surface area contributed by atoms with Crippen molar-refractivity contribution in [3.63, 3.8) is 0 Å². The molecule has 6 heteroatoms. The number of aromatic nitrogens is 3. The average Bonchev–Trinajstić information content (AvgIpc) is 3.12. The number of H-pyrrole nitrogens is 1. The van der Waals surface area contributed by atoms with Crippen molar-refractivity contribution in [3.8, 4) is 0 Å². The molecule has 128 valence electrons. The van der Waals surface area contributed by atoms with Gasteiger partial charge < -0.3 is 9.80 Å². The lowest BCUT2D eigenvalue weighted by molar-refractivity contribution is 0.0705. The second kappa shape index (κ2) is 6.55. The van der Waals surface area contributed by atoms with Crippen LogP contribution in [0.5, 0.6) is 0 Å². The number of fused-ring (bicyclic) bond motifs is 1. The Labute approximate surface area is 146 Å². The van der Waals surface area contributed by atoms with Crippen LogP contribution in [0.15, 0.2) is 48.7 Å². The standard InChI is InChI=1S/C19H21N5O/c1-23(19(25)18-15-6-2-3-7-16(15)21-22-18)14-9-12-24(13-10-14)17-8-4-5-11-20-17/h2-8,11,14H,9-10,12-13H2,1H3,(H,21,22). The van der Waals surface area contributed by atoms with Gasteiger partial charge in [-0.05, 0) is 31.0 Å². The zero-order valence-corrected chi connectivity index (χ0v) is 14.2. The van der Waals surface area contributed by atoms with Crippen molar-refractivity contribution >= 4 is 22.6 Å². The highest BCUT2D eigenvalue weighted by Crippen LogP contribution is 2.23. The van der Waals surface area contributed by atoms with Crippen molar-refractivity contribution in [2.45, 2.75) is 18.9 Å². The predicted octanol–water partition coefficient (Wildman–Crippen LogP) is 2.70. The molecule has 2 aromatic heterocycles. The Morgan fingerprint density at radius 1 is 1.16 bits per heavy atom. The molecule has 4 rings (SSSR count). The molecule has 0 spiro atoms. The lowest BCUT2D eigenvalue weighted by Crippen LogP contribution is -2.46. The Morgan fingerprint density at radius 3 is 2.68 bits per heavy atom. The molecule has 0 unspecified atom stereocenters. The van der Waals surface area contributed by atoms with Crippen molar-refractivity contribution < 1.29 is 4.79 Å². The first kappa shape index (κ1) is 15.6. The molecule has 6 nitrogen and oxygen atoms in total. The summed E-state index contributed by atoms with van der Waals surface area (Å²) in [5, 5.41) is 8.06. The molecule has 1 aromatic carbocycles. The van der Waals surface area contributed by atoms with Crippen molar-refractivity contribution in [3.05, 3.63) is 54.4 Å². The van der Waals surface area contributed by atoms with Crippen LogP contribution in [0, 0.1) is 0 Å². The van der Waals surface area contributed by atoms with Crippen molar-refractivity contribution in [2.24, 2.45) is 0 Å². The molecule has 0 aliphatic carbocycles. The number of nitrogens with zero attached hydrogens (tertiary/aromatic N) is 4. The number of pyridine rings is 1. The molecule has 1 fully saturated rings. The van der Waals surface area contributed by atoms with Gasteiger partial charge in [0, 0.05) is 37.8 Å². The maximum Gasteiger partial charge on any atom is 0.274 e. The van der Waals surface area contributed by atoms with E-state index in [0.29, 0.717) is 5.69 Å². The summed E-state index contributed by atoms with van der Waals surface area (Å²) in [6.07, 6.45) is 3.68. The van der Waals surface area contributed by atoms with Gasteiger partial charge in [0.15, 0.2) is 5.69 Å². The third-order valence-corrected chi connectivity index (χ3v) is 4.98. The zero-order chi connectivity index (χ0) is 17.2. The van der Waals surface area contributed by atoms with E-state index in [1.54, 1.807) is 0 Å². The minimum atomic E-state index is -0.0197. The SMILES string of the molecule is CN(C(=O)c1n[nH]c2ccccc12)C1CCN(c2ccccn2)CC1. The van der Waals surface area contributed by atoms with Crippen LogP contribution in [0.25, 0.3) is 10.9 Å². The van der Waals surface area contributed by atoms with Crippen LogP contribution in [0.4, 0.5) is 5.82 Å². The molecule has 0 saturated carbocycles. The van der Waals surface area contributed by atoms with Crippen molar-refractivity contribution in [2.75, 3.05) is 25.0 Å². The fourth-order valence-corrected chi connectivity index (χ4v) is 3.48. The van der Waals surface area contributed by atoms with Crippen LogP contribution in [-0.4, -0.2) is 52.2 Å². The number of hydrogen-bond acceptors (Lipinski definition) is 4. The molecule has 1 N–H and O–H groups in total. The lowest BCUT2D eigenvalue weighted by atomic mass is 10.0. The van der Waals surface area contributed by atoms with Gasteiger partial charge in [0.25, 0.3) is 5.91 Å². The van der Waals surface area contributed by atoms with E-state index < -0.39 is 0 Å². The molecule has 1 aliphatic rings. The molecule has 0 atom stereocenters. The summed E-state index contributed by atoms with van der Waals surface area (Å²) in [4.78, 5) is 21.4. The second-order valence-corrected chi connectivity index (χ2v) is 6.44. The van der Waals surface area contributed by atoms with E-state index in [-0.39, 0.29) is 11.9 Å². The second-order valence-electron chi connectivity index (χ2n) is 6.44. The minimum absolute atomic E-state index is 0.0197. The highest BCUT2D eigenvalue weighted by atomic mass is 16.2. The Morgan fingerprint density at radius 2 is 1.92 bits per heavy atom. The molecule has 25 heavy (non-hydrogen) atoms. The van der Waals surface area contributed by atoms with Crippen LogP contribution in [0.2, 0.25) is 0 Å². The van der Waals surface area contributed by atoms with Crippen LogP contribution in [0.1, 0.15) is 23.3 Å². The first-order chi connectivity index (χ1) is 12.2. The van der Waals surface area contributed by atoms with E-state index in [2.05, 4.69) is 20.1 Å². The fourth-order valence-electron chi connectivity index (χ4n) is 3.48. The molecule has 3 heterocycles. The largest absolute Gasteiger partial charge is 0.356 e. The topological polar surface area (TPSA) is 65.1 Å². The van der Waals surface area contributed by atoms with Crippen LogP contribution < -0.4 is 4.90 Å². The van der Waals surface area contributed by atoms with E-state index in [1.807, 2.05) is 60.6 Å². The molecule has 1 aliphatic heterocycles. The number of nitrogens with one attached hydrogen (secondary N) is 1. The quantitative estimate of drug-likeness (QED) is 0.799. The third kappa shape index (κ3) is 2.95. The van der Waals surface area contributed by atoms with Crippen LogP contribution in [-0.2, 0) is 0 Å². The number of hydrogen-bond donors (Lipinski definition) is 1. The number of carbonyl (C=O) groups is 1. The first-order valence-electron chi connectivity index (χ1n) is 8.60. The number of piperidine rings is 1. The van der Waals surface area contributed by atoms with E-state index in [9.17, 15) is 4.79 Å². The van der Waals surface area contributed by atoms with Gasteiger partial charge in [-0.1, -0.05) is 24.3 Å². The summed E-state index contributed by atoms with van der Waals surface area (Å²) in [6, 6.07) is 13.9. The van der Waals surface area contributed by atoms with Gasteiger partial charge in [0.1, 0.15) is 5.82 Å². The predicted molar refractivity (Wildman–Crippen MR) is 97.7 cm³/mol. The number of rotatable bonds is 3. The monoisotopic (exact) mass is 335 g/mol. The summed E-state index contributed by atoms with van der Waals surface area (Å²) in [7, 11) is 1.88. The Balaban J connectivity index is 1.45. The number of anilines is 1. The molecule has 1 saturated heterocycles. The number of amides is 1. The third-order valence-electron chi connectivity index (χ3n) is 4.98. The molecule has 1 amide bonds. The molecule has 3 aromatic rings. The Bertz CT molecular complexity index is 868. The average molecular weight is 335 g/mol. The molecule has 0 radical (unpaired) electrons. The molecular formula is C19H21N5O. The van der Waals surface area contributed by atoms with Crippen molar-refractivity contribution in [1.82, 2.24) is 20.1 Å². The fraction of sp³-hybridized carbons (Fsp3) is 0.316. The Kier molecular flexibility index (Phi) is 4.09. The van der Waals surface area contributed by atoms with Gasteiger partial charge in [0.05, 0.1) is 5.52 Å². The number of benzene rings is 1. The smallest absolute Gasteiger partial charge is 0.274 e. The highest BCUT2D eigenvalue weighted by Gasteiger charge is 2.28. The van der Waals surface area contributed by atoms with Gasteiger partial charge in [-0.3, -0.25) is 9.89 Å². The van der Waals surface area contributed by atoms with E-state index in [1.165, 1.54) is 0 Å². The summed E-state index contributed by atoms with van der Waals surface area (Å²) in [6.45, 7) is 1.81. The minimum Gasteiger partial charge on any atom is -0.356 e. The van der Waals surface area contributed by atoms with Crippen LogP contribution >= 0.6 is 0 Å². The number of carbonyl (C=O) groups excluding carboxylic acids is 1. The maximum absolute atomic E-state index is 12.9. The zero-order valence-electron chi connectivity index (χ0n) is 14.2. The normalized spacial score (nSPS) is 15.5. The van der Waals surface area contributed by atoms with Gasteiger partial charge >= 0.3 is 0 Å². The van der Waals surface area contributed by atoms with Gasteiger partial charge in [0.2, 0.25) is 0 Å². The summed E-state index contributed by atoms with van der Waals surface area (Å²) in [5.74, 6) is 0.988. The van der Waals surface area contributed by atoms with E-state index in [0.717, 1.165) is 42.7 Å². The number of aromatic amines is 1. The maximum atomic E-state index is 12.9. The van der Waals surface area contributed by atoms with E-state index in [4.69, 9.17) is 0 Å².